The number of halogens is 1. The zero-order valence-corrected chi connectivity index (χ0v) is 27.8. The first-order chi connectivity index (χ1) is 21.8. The van der Waals surface area contributed by atoms with E-state index in [2.05, 4.69) is 15.2 Å². The number of aromatic nitrogens is 3. The van der Waals surface area contributed by atoms with E-state index in [-0.39, 0.29) is 47.5 Å². The van der Waals surface area contributed by atoms with E-state index >= 15 is 0 Å². The molecule has 0 spiro atoms. The average Bonchev–Trinajstić information content (AvgIpc) is 3.58. The van der Waals surface area contributed by atoms with E-state index in [0.717, 1.165) is 22.0 Å². The van der Waals surface area contributed by atoms with Gasteiger partial charge in [-0.1, -0.05) is 18.2 Å². The van der Waals surface area contributed by atoms with Gasteiger partial charge in [-0.25, -0.2) is 9.37 Å². The van der Waals surface area contributed by atoms with Gasteiger partial charge in [-0.05, 0) is 81.5 Å². The van der Waals surface area contributed by atoms with Crippen molar-refractivity contribution in [3.05, 3.63) is 76.9 Å². The summed E-state index contributed by atoms with van der Waals surface area (Å²) in [5.74, 6) is -0.210. The molecule has 1 atom stereocenters. The van der Waals surface area contributed by atoms with Gasteiger partial charge in [0, 0.05) is 56.5 Å². The van der Waals surface area contributed by atoms with Gasteiger partial charge in [0.2, 0.25) is 5.91 Å². The minimum atomic E-state index is -2.38. The fourth-order valence-corrected chi connectivity index (χ4v) is 6.88. The number of benzene rings is 2. The second-order valence-electron chi connectivity index (χ2n) is 12.5. The van der Waals surface area contributed by atoms with Gasteiger partial charge in [0.15, 0.2) is 5.82 Å². The van der Waals surface area contributed by atoms with Gasteiger partial charge in [0.05, 0.1) is 5.56 Å². The summed E-state index contributed by atoms with van der Waals surface area (Å²) in [6, 6.07) is 11.0. The van der Waals surface area contributed by atoms with Crippen molar-refractivity contribution in [3.63, 3.8) is 0 Å². The van der Waals surface area contributed by atoms with Gasteiger partial charge in [0.25, 0.3) is 11.8 Å². The van der Waals surface area contributed by atoms with Crippen LogP contribution >= 0.6 is 7.14 Å². The first kappa shape index (κ1) is 33.2. The van der Waals surface area contributed by atoms with Crippen LogP contribution in [0, 0.1) is 5.82 Å². The van der Waals surface area contributed by atoms with Crippen molar-refractivity contribution in [1.29, 1.82) is 0 Å². The predicted octanol–water partition coefficient (Wildman–Crippen LogP) is 3.84. The molecule has 11 nitrogen and oxygen atoms in total. The zero-order chi connectivity index (χ0) is 33.2. The molecule has 2 aliphatic rings. The third-order valence-electron chi connectivity index (χ3n) is 8.32. The molecule has 3 aromatic rings. The Morgan fingerprint density at radius 3 is 2.46 bits per heavy atom. The van der Waals surface area contributed by atoms with Crippen molar-refractivity contribution in [2.75, 3.05) is 51.0 Å². The van der Waals surface area contributed by atoms with Gasteiger partial charge >= 0.3 is 0 Å². The highest BCUT2D eigenvalue weighted by atomic mass is 31.2. The third-order valence-corrected chi connectivity index (χ3v) is 9.84. The lowest BCUT2D eigenvalue weighted by Gasteiger charge is -2.26. The molecule has 5 rings (SSSR count). The topological polar surface area (TPSA) is 135 Å². The van der Waals surface area contributed by atoms with Crippen molar-refractivity contribution in [2.45, 2.75) is 45.7 Å². The molecule has 2 amide bonds. The quantitative estimate of drug-likeness (QED) is 0.243. The molecule has 0 fully saturated rings. The maximum Gasteiger partial charge on any atom is 0.282 e. The number of amides is 2. The normalized spacial score (nSPS) is 15.4. The SMILES string of the molecule is CCN(C(=O)c1cc(F)ccc1Oc1nncnc1N1CC2=C(CN(C(=O)C[C@H](N)Cc3cccc(P(C)(C)=O)c3)C2)C1)C(C)C. The summed E-state index contributed by atoms with van der Waals surface area (Å²) in [5.41, 5.74) is 9.68. The van der Waals surface area contributed by atoms with E-state index in [1.165, 1.54) is 24.5 Å². The number of ether oxygens (including phenoxy) is 1. The number of carbonyl (C=O) groups is 2. The van der Waals surface area contributed by atoms with Gasteiger partial charge in [-0.15, -0.1) is 10.2 Å². The number of nitrogens with zero attached hydrogens (tertiary/aromatic N) is 6. The number of rotatable bonds is 11. The van der Waals surface area contributed by atoms with Crippen LogP contribution in [-0.4, -0.2) is 94.9 Å². The summed E-state index contributed by atoms with van der Waals surface area (Å²) in [7, 11) is -2.38. The van der Waals surface area contributed by atoms with Crippen molar-refractivity contribution in [1.82, 2.24) is 25.0 Å². The maximum atomic E-state index is 14.3. The smallest absolute Gasteiger partial charge is 0.282 e. The maximum absolute atomic E-state index is 14.3. The van der Waals surface area contributed by atoms with Crippen molar-refractivity contribution in [2.24, 2.45) is 5.73 Å². The molecule has 13 heteroatoms. The predicted molar refractivity (Wildman–Crippen MR) is 176 cm³/mol. The van der Waals surface area contributed by atoms with Gasteiger partial charge < -0.3 is 29.7 Å². The molecular formula is C33H41FN7O4P. The van der Waals surface area contributed by atoms with Gasteiger partial charge in [-0.3, -0.25) is 9.59 Å². The first-order valence-corrected chi connectivity index (χ1v) is 18.0. The van der Waals surface area contributed by atoms with Crippen molar-refractivity contribution >= 4 is 30.1 Å². The molecule has 2 aromatic carbocycles. The Morgan fingerprint density at radius 2 is 1.80 bits per heavy atom. The van der Waals surface area contributed by atoms with Crippen LogP contribution in [0.15, 0.2) is 59.9 Å². The van der Waals surface area contributed by atoms with E-state index in [1.54, 1.807) is 18.2 Å². The Bertz CT molecular complexity index is 1690. The van der Waals surface area contributed by atoms with Gasteiger partial charge in [0.1, 0.15) is 25.0 Å². The molecule has 3 heterocycles. The second-order valence-corrected chi connectivity index (χ2v) is 15.7. The zero-order valence-electron chi connectivity index (χ0n) is 26.9. The Hall–Kier alpha value is -4.15. The monoisotopic (exact) mass is 649 g/mol. The molecule has 2 N–H and O–H groups in total. The van der Waals surface area contributed by atoms with Crippen LogP contribution in [0.4, 0.5) is 10.2 Å². The van der Waals surface area contributed by atoms with Crippen LogP contribution in [-0.2, 0) is 15.8 Å². The molecule has 0 saturated carbocycles. The summed E-state index contributed by atoms with van der Waals surface area (Å²) >= 11 is 0. The highest BCUT2D eigenvalue weighted by Crippen LogP contribution is 2.36. The summed E-state index contributed by atoms with van der Waals surface area (Å²) in [6.07, 6.45) is 2.06. The molecule has 1 aromatic heterocycles. The number of hydrogen-bond donors (Lipinski definition) is 1. The van der Waals surface area contributed by atoms with Crippen LogP contribution in [0.3, 0.4) is 0 Å². The van der Waals surface area contributed by atoms with E-state index in [4.69, 9.17) is 10.5 Å². The van der Waals surface area contributed by atoms with Crippen molar-refractivity contribution < 1.29 is 23.3 Å². The number of hydrogen-bond acceptors (Lipinski definition) is 9. The first-order valence-electron chi connectivity index (χ1n) is 15.4. The number of nitrogens with two attached hydrogens (primary N) is 1. The fourth-order valence-electron chi connectivity index (χ4n) is 5.96. The molecular weight excluding hydrogens is 608 g/mol. The average molecular weight is 650 g/mol. The second kappa shape index (κ2) is 13.7. The standard InChI is InChI=1S/C33H41FN7O4P/c1-6-41(21(2)3)33(43)28-14-25(34)10-11-29(28)45-32-31(36-20-37-38-32)40-18-23-16-39(17-24(23)19-40)30(42)15-26(35)12-22-8-7-9-27(13-22)46(4,5)44/h7-11,13-14,20-21,26H,6,12,15-19,35H2,1-5H3/t26-/m1/s1. The van der Waals surface area contributed by atoms with Crippen LogP contribution in [0.5, 0.6) is 11.6 Å². The third kappa shape index (κ3) is 7.45. The lowest BCUT2D eigenvalue weighted by atomic mass is 10.0. The summed E-state index contributed by atoms with van der Waals surface area (Å²) in [5, 5.41) is 8.86. The fraction of sp³-hybridized carbons (Fsp3) is 0.424. The van der Waals surface area contributed by atoms with E-state index in [0.29, 0.717) is 45.0 Å². The molecule has 0 aliphatic carbocycles. The Balaban J connectivity index is 1.22. The Labute approximate surface area is 269 Å². The molecule has 0 radical (unpaired) electrons. The van der Waals surface area contributed by atoms with Crippen LogP contribution in [0.1, 0.15) is 43.1 Å². The summed E-state index contributed by atoms with van der Waals surface area (Å²) in [6.45, 7) is 11.6. The highest BCUT2D eigenvalue weighted by Gasteiger charge is 2.35. The number of anilines is 1. The van der Waals surface area contributed by atoms with Crippen LogP contribution < -0.4 is 20.7 Å². The minimum absolute atomic E-state index is 0.00925. The van der Waals surface area contributed by atoms with Crippen LogP contribution in [0.25, 0.3) is 0 Å². The Morgan fingerprint density at radius 1 is 1.09 bits per heavy atom. The molecule has 2 aliphatic heterocycles. The summed E-state index contributed by atoms with van der Waals surface area (Å²) < 4.78 is 32.8. The van der Waals surface area contributed by atoms with Crippen molar-refractivity contribution in [3.8, 4) is 11.6 Å². The molecule has 244 valence electrons. The van der Waals surface area contributed by atoms with Crippen LogP contribution in [0.2, 0.25) is 0 Å². The molecule has 0 saturated heterocycles. The lowest BCUT2D eigenvalue weighted by Crippen LogP contribution is -2.38. The van der Waals surface area contributed by atoms with E-state index in [9.17, 15) is 18.5 Å². The lowest BCUT2D eigenvalue weighted by molar-refractivity contribution is -0.130. The minimum Gasteiger partial charge on any atom is -0.434 e. The molecule has 0 bridgehead atoms. The van der Waals surface area contributed by atoms with E-state index < -0.39 is 13.0 Å². The Kier molecular flexibility index (Phi) is 9.88. The molecule has 0 unspecified atom stereocenters. The van der Waals surface area contributed by atoms with Gasteiger partial charge in [-0.2, -0.15) is 0 Å². The largest absolute Gasteiger partial charge is 0.434 e. The number of carbonyl (C=O) groups excluding carboxylic acids is 2. The summed E-state index contributed by atoms with van der Waals surface area (Å²) in [4.78, 5) is 36.4. The highest BCUT2D eigenvalue weighted by molar-refractivity contribution is 7.70. The molecule has 46 heavy (non-hydrogen) atoms. The van der Waals surface area contributed by atoms with E-state index in [1.807, 2.05) is 54.8 Å².